The number of carbonyl (C=O) groups is 1. The average Bonchev–Trinajstić information content (AvgIpc) is 2.59. The second kappa shape index (κ2) is 8.26. The molecule has 0 aliphatic rings. The molecule has 0 N–H and O–H groups in total. The third-order valence-corrected chi connectivity index (χ3v) is 4.29. The second-order valence-corrected chi connectivity index (χ2v) is 5.87. The third kappa shape index (κ3) is 4.64. The number of hydrogen-bond acceptors (Lipinski definition) is 3. The first-order valence-electron chi connectivity index (χ1n) is 7.17. The van der Waals surface area contributed by atoms with E-state index in [9.17, 15) is 4.79 Å². The standard InChI is InChI=1S/C18H18N2OS/c1-2-20(13-16-6-4-3-5-7-16)18(21)14-22-17-10-8-15(12-19)9-11-17/h3-11H,2,13-14H2,1H3. The summed E-state index contributed by atoms with van der Waals surface area (Å²) < 4.78 is 0. The summed E-state index contributed by atoms with van der Waals surface area (Å²) in [6, 6.07) is 19.4. The first-order valence-corrected chi connectivity index (χ1v) is 8.16. The van der Waals surface area contributed by atoms with Crippen LogP contribution in [0.15, 0.2) is 59.5 Å². The number of thioether (sulfide) groups is 1. The lowest BCUT2D eigenvalue weighted by molar-refractivity contribution is -0.128. The van der Waals surface area contributed by atoms with Crippen LogP contribution in [0.5, 0.6) is 0 Å². The lowest BCUT2D eigenvalue weighted by Crippen LogP contribution is -2.31. The summed E-state index contributed by atoms with van der Waals surface area (Å²) in [5, 5.41) is 8.77. The van der Waals surface area contributed by atoms with Gasteiger partial charge in [-0.2, -0.15) is 5.26 Å². The smallest absolute Gasteiger partial charge is 0.233 e. The third-order valence-electron chi connectivity index (χ3n) is 3.30. The van der Waals surface area contributed by atoms with Crippen molar-refractivity contribution in [3.8, 4) is 6.07 Å². The van der Waals surface area contributed by atoms with Crippen molar-refractivity contribution in [2.75, 3.05) is 12.3 Å². The Morgan fingerprint density at radius 3 is 2.41 bits per heavy atom. The maximum Gasteiger partial charge on any atom is 0.233 e. The van der Waals surface area contributed by atoms with E-state index in [0.717, 1.165) is 10.5 Å². The molecule has 0 saturated carbocycles. The van der Waals surface area contributed by atoms with Gasteiger partial charge in [-0.1, -0.05) is 30.3 Å². The summed E-state index contributed by atoms with van der Waals surface area (Å²) in [4.78, 5) is 15.2. The largest absolute Gasteiger partial charge is 0.338 e. The highest BCUT2D eigenvalue weighted by molar-refractivity contribution is 8.00. The van der Waals surface area contributed by atoms with Gasteiger partial charge in [-0.25, -0.2) is 0 Å². The zero-order chi connectivity index (χ0) is 15.8. The van der Waals surface area contributed by atoms with E-state index in [1.54, 1.807) is 12.1 Å². The minimum atomic E-state index is 0.126. The van der Waals surface area contributed by atoms with Gasteiger partial charge in [-0.05, 0) is 36.8 Å². The van der Waals surface area contributed by atoms with Crippen molar-refractivity contribution < 1.29 is 4.79 Å². The van der Waals surface area contributed by atoms with Gasteiger partial charge < -0.3 is 4.90 Å². The summed E-state index contributed by atoms with van der Waals surface area (Å²) in [7, 11) is 0. The van der Waals surface area contributed by atoms with E-state index < -0.39 is 0 Å². The number of amides is 1. The minimum absolute atomic E-state index is 0.126. The normalized spacial score (nSPS) is 10.0. The first kappa shape index (κ1) is 16.1. The van der Waals surface area contributed by atoms with Crippen molar-refractivity contribution in [1.82, 2.24) is 4.90 Å². The van der Waals surface area contributed by atoms with Gasteiger partial charge in [0.05, 0.1) is 17.4 Å². The fourth-order valence-corrected chi connectivity index (χ4v) is 2.84. The van der Waals surface area contributed by atoms with E-state index in [1.807, 2.05) is 54.3 Å². The summed E-state index contributed by atoms with van der Waals surface area (Å²) in [6.07, 6.45) is 0. The van der Waals surface area contributed by atoms with E-state index in [1.165, 1.54) is 11.8 Å². The van der Waals surface area contributed by atoms with Crippen molar-refractivity contribution in [2.45, 2.75) is 18.4 Å². The van der Waals surface area contributed by atoms with Crippen molar-refractivity contribution in [2.24, 2.45) is 0 Å². The summed E-state index contributed by atoms with van der Waals surface area (Å²) in [5.41, 5.74) is 1.77. The Labute approximate surface area is 135 Å². The van der Waals surface area contributed by atoms with E-state index >= 15 is 0 Å². The molecular formula is C18H18N2OS. The maximum atomic E-state index is 12.3. The Kier molecular flexibility index (Phi) is 6.05. The predicted octanol–water partition coefficient (Wildman–Crippen LogP) is 3.70. The van der Waals surface area contributed by atoms with Crippen LogP contribution in [0.2, 0.25) is 0 Å². The predicted molar refractivity (Wildman–Crippen MR) is 89.4 cm³/mol. The Hall–Kier alpha value is -2.25. The second-order valence-electron chi connectivity index (χ2n) is 4.82. The molecule has 0 saturated heterocycles. The van der Waals surface area contributed by atoms with Crippen LogP contribution in [0, 0.1) is 11.3 Å². The number of hydrogen-bond donors (Lipinski definition) is 0. The zero-order valence-corrected chi connectivity index (χ0v) is 13.3. The summed E-state index contributed by atoms with van der Waals surface area (Å²) >= 11 is 1.50. The van der Waals surface area contributed by atoms with Crippen LogP contribution < -0.4 is 0 Å². The van der Waals surface area contributed by atoms with E-state index in [4.69, 9.17) is 5.26 Å². The molecule has 0 heterocycles. The molecule has 0 atom stereocenters. The van der Waals surface area contributed by atoms with Gasteiger partial charge in [-0.15, -0.1) is 11.8 Å². The molecule has 1 amide bonds. The molecular weight excluding hydrogens is 292 g/mol. The number of nitriles is 1. The van der Waals surface area contributed by atoms with Gasteiger partial charge in [0.15, 0.2) is 0 Å². The topological polar surface area (TPSA) is 44.1 Å². The molecule has 22 heavy (non-hydrogen) atoms. The highest BCUT2D eigenvalue weighted by atomic mass is 32.2. The van der Waals surface area contributed by atoms with Crippen LogP contribution >= 0.6 is 11.8 Å². The molecule has 0 fully saturated rings. The van der Waals surface area contributed by atoms with Crippen LogP contribution in [0.4, 0.5) is 0 Å². The van der Waals surface area contributed by atoms with E-state index in [0.29, 0.717) is 24.4 Å². The van der Waals surface area contributed by atoms with Crippen molar-refractivity contribution in [3.05, 3.63) is 65.7 Å². The first-order chi connectivity index (χ1) is 10.7. The van der Waals surface area contributed by atoms with Crippen LogP contribution in [0.25, 0.3) is 0 Å². The molecule has 0 bridgehead atoms. The highest BCUT2D eigenvalue weighted by Gasteiger charge is 2.12. The molecule has 2 aromatic carbocycles. The van der Waals surface area contributed by atoms with E-state index in [2.05, 4.69) is 6.07 Å². The fraction of sp³-hybridized carbons (Fsp3) is 0.222. The quantitative estimate of drug-likeness (QED) is 0.764. The van der Waals surface area contributed by atoms with Gasteiger partial charge in [0.2, 0.25) is 5.91 Å². The molecule has 2 rings (SSSR count). The molecule has 0 spiro atoms. The van der Waals surface area contributed by atoms with E-state index in [-0.39, 0.29) is 5.91 Å². The molecule has 112 valence electrons. The molecule has 2 aromatic rings. The highest BCUT2D eigenvalue weighted by Crippen LogP contribution is 2.19. The molecule has 0 aromatic heterocycles. The summed E-state index contributed by atoms with van der Waals surface area (Å²) in [5.74, 6) is 0.535. The number of nitrogens with zero attached hydrogens (tertiary/aromatic N) is 2. The zero-order valence-electron chi connectivity index (χ0n) is 12.5. The molecule has 0 unspecified atom stereocenters. The van der Waals surface area contributed by atoms with Crippen molar-refractivity contribution in [1.29, 1.82) is 5.26 Å². The number of carbonyl (C=O) groups excluding carboxylic acids is 1. The lowest BCUT2D eigenvalue weighted by atomic mass is 10.2. The van der Waals surface area contributed by atoms with Gasteiger partial charge in [-0.3, -0.25) is 4.79 Å². The molecule has 4 heteroatoms. The lowest BCUT2D eigenvalue weighted by Gasteiger charge is -2.20. The molecule has 0 aliphatic carbocycles. The number of benzene rings is 2. The average molecular weight is 310 g/mol. The molecule has 0 aliphatic heterocycles. The minimum Gasteiger partial charge on any atom is -0.338 e. The van der Waals surface area contributed by atoms with Gasteiger partial charge in [0.25, 0.3) is 0 Å². The Bertz CT molecular complexity index is 647. The van der Waals surface area contributed by atoms with Crippen LogP contribution in [0.3, 0.4) is 0 Å². The van der Waals surface area contributed by atoms with Gasteiger partial charge in [0.1, 0.15) is 0 Å². The molecule has 3 nitrogen and oxygen atoms in total. The number of rotatable bonds is 6. The van der Waals surface area contributed by atoms with Crippen LogP contribution in [-0.2, 0) is 11.3 Å². The maximum absolute atomic E-state index is 12.3. The Morgan fingerprint density at radius 2 is 1.82 bits per heavy atom. The fourth-order valence-electron chi connectivity index (χ4n) is 2.04. The van der Waals surface area contributed by atoms with Gasteiger partial charge in [0, 0.05) is 18.0 Å². The Morgan fingerprint density at radius 1 is 1.14 bits per heavy atom. The van der Waals surface area contributed by atoms with Crippen molar-refractivity contribution in [3.63, 3.8) is 0 Å². The summed E-state index contributed by atoms with van der Waals surface area (Å²) in [6.45, 7) is 3.33. The molecule has 0 radical (unpaired) electrons. The monoisotopic (exact) mass is 310 g/mol. The van der Waals surface area contributed by atoms with Gasteiger partial charge >= 0.3 is 0 Å². The van der Waals surface area contributed by atoms with Crippen molar-refractivity contribution >= 4 is 17.7 Å². The van der Waals surface area contributed by atoms with Crippen LogP contribution in [-0.4, -0.2) is 23.1 Å². The SMILES string of the molecule is CCN(Cc1ccccc1)C(=O)CSc1ccc(C#N)cc1. The Balaban J connectivity index is 1.90. The van der Waals surface area contributed by atoms with Crippen LogP contribution in [0.1, 0.15) is 18.1 Å².